The maximum absolute atomic E-state index is 12.3. The van der Waals surface area contributed by atoms with Crippen molar-refractivity contribution in [2.45, 2.75) is 19.9 Å². The molecule has 6 heteroatoms. The SMILES string of the molecule is Cc1ccccc1CN1CCN(C(=O)CCNC(=O)c2ccco2)CC1. The van der Waals surface area contributed by atoms with Gasteiger partial charge in [0.1, 0.15) is 0 Å². The lowest BCUT2D eigenvalue weighted by Gasteiger charge is -2.35. The van der Waals surface area contributed by atoms with Crippen molar-refractivity contribution in [3.05, 3.63) is 59.5 Å². The van der Waals surface area contributed by atoms with Crippen LogP contribution in [0.25, 0.3) is 0 Å². The number of benzene rings is 1. The summed E-state index contributed by atoms with van der Waals surface area (Å²) in [6, 6.07) is 11.7. The summed E-state index contributed by atoms with van der Waals surface area (Å²) in [4.78, 5) is 28.4. The minimum absolute atomic E-state index is 0.0836. The summed E-state index contributed by atoms with van der Waals surface area (Å²) in [5, 5.41) is 2.71. The molecule has 2 heterocycles. The van der Waals surface area contributed by atoms with Crippen molar-refractivity contribution in [2.75, 3.05) is 32.7 Å². The molecule has 1 saturated heterocycles. The van der Waals surface area contributed by atoms with Crippen LogP contribution in [0.1, 0.15) is 28.1 Å². The molecule has 138 valence electrons. The van der Waals surface area contributed by atoms with E-state index in [-0.39, 0.29) is 17.6 Å². The number of hydrogen-bond donors (Lipinski definition) is 1. The zero-order valence-corrected chi connectivity index (χ0v) is 15.1. The van der Waals surface area contributed by atoms with Crippen LogP contribution in [0.5, 0.6) is 0 Å². The van der Waals surface area contributed by atoms with Gasteiger partial charge in [-0.1, -0.05) is 24.3 Å². The highest BCUT2D eigenvalue weighted by molar-refractivity contribution is 5.91. The standard InChI is InChI=1S/C20H25N3O3/c1-16-5-2-3-6-17(16)15-22-10-12-23(13-11-22)19(24)8-9-21-20(25)18-7-4-14-26-18/h2-7,14H,8-13,15H2,1H3,(H,21,25). The summed E-state index contributed by atoms with van der Waals surface area (Å²) in [5.41, 5.74) is 2.64. The van der Waals surface area contributed by atoms with Gasteiger partial charge in [0.2, 0.25) is 5.91 Å². The van der Waals surface area contributed by atoms with E-state index in [1.54, 1.807) is 12.1 Å². The Bertz CT molecular complexity index is 735. The molecule has 1 aliphatic rings. The number of nitrogens with zero attached hydrogens (tertiary/aromatic N) is 2. The Morgan fingerprint density at radius 3 is 2.54 bits per heavy atom. The van der Waals surface area contributed by atoms with E-state index in [4.69, 9.17) is 4.42 Å². The first-order valence-electron chi connectivity index (χ1n) is 9.00. The van der Waals surface area contributed by atoms with Crippen molar-refractivity contribution in [2.24, 2.45) is 0 Å². The first kappa shape index (κ1) is 18.2. The van der Waals surface area contributed by atoms with Crippen molar-refractivity contribution in [3.8, 4) is 0 Å². The number of hydrogen-bond acceptors (Lipinski definition) is 4. The second-order valence-electron chi connectivity index (χ2n) is 6.57. The van der Waals surface area contributed by atoms with Crippen LogP contribution in [0.2, 0.25) is 0 Å². The fraction of sp³-hybridized carbons (Fsp3) is 0.400. The Morgan fingerprint density at radius 2 is 1.85 bits per heavy atom. The van der Waals surface area contributed by atoms with E-state index in [1.165, 1.54) is 17.4 Å². The van der Waals surface area contributed by atoms with Crippen LogP contribution < -0.4 is 5.32 Å². The van der Waals surface area contributed by atoms with Crippen molar-refractivity contribution >= 4 is 11.8 Å². The van der Waals surface area contributed by atoms with Gasteiger partial charge >= 0.3 is 0 Å². The number of amides is 2. The summed E-state index contributed by atoms with van der Waals surface area (Å²) in [5.74, 6) is 0.0633. The molecule has 0 bridgehead atoms. The minimum Gasteiger partial charge on any atom is -0.459 e. The Kier molecular flexibility index (Phi) is 6.07. The van der Waals surface area contributed by atoms with Crippen molar-refractivity contribution in [1.29, 1.82) is 0 Å². The van der Waals surface area contributed by atoms with E-state index in [2.05, 4.69) is 41.4 Å². The Balaban J connectivity index is 1.38. The van der Waals surface area contributed by atoms with Gasteiger partial charge in [-0.25, -0.2) is 0 Å². The fourth-order valence-corrected chi connectivity index (χ4v) is 3.12. The third-order valence-corrected chi connectivity index (χ3v) is 4.75. The molecule has 3 rings (SSSR count). The lowest BCUT2D eigenvalue weighted by Crippen LogP contribution is -2.48. The predicted molar refractivity (Wildman–Crippen MR) is 98.7 cm³/mol. The first-order chi connectivity index (χ1) is 12.6. The van der Waals surface area contributed by atoms with Crippen LogP contribution in [-0.4, -0.2) is 54.3 Å². The normalized spacial score (nSPS) is 15.0. The summed E-state index contributed by atoms with van der Waals surface area (Å²) in [6.45, 7) is 6.59. The lowest BCUT2D eigenvalue weighted by molar-refractivity contribution is -0.132. The molecule has 1 aromatic carbocycles. The van der Waals surface area contributed by atoms with E-state index in [0.717, 1.165) is 32.7 Å². The van der Waals surface area contributed by atoms with Gasteiger partial charge in [0.25, 0.3) is 5.91 Å². The number of carbonyl (C=O) groups is 2. The third kappa shape index (κ3) is 4.73. The molecule has 1 aliphatic heterocycles. The lowest BCUT2D eigenvalue weighted by atomic mass is 10.1. The maximum atomic E-state index is 12.3. The van der Waals surface area contributed by atoms with E-state index in [9.17, 15) is 9.59 Å². The van der Waals surface area contributed by atoms with Gasteiger partial charge in [0, 0.05) is 45.7 Å². The van der Waals surface area contributed by atoms with Gasteiger partial charge in [0.15, 0.2) is 5.76 Å². The van der Waals surface area contributed by atoms with Gasteiger partial charge in [-0.05, 0) is 30.2 Å². The molecule has 0 radical (unpaired) electrons. The quantitative estimate of drug-likeness (QED) is 0.861. The van der Waals surface area contributed by atoms with Gasteiger partial charge in [-0.15, -0.1) is 0 Å². The van der Waals surface area contributed by atoms with Crippen LogP contribution in [0.15, 0.2) is 47.1 Å². The fourth-order valence-electron chi connectivity index (χ4n) is 3.12. The topological polar surface area (TPSA) is 65.8 Å². The van der Waals surface area contributed by atoms with Crippen LogP contribution in [-0.2, 0) is 11.3 Å². The van der Waals surface area contributed by atoms with Crippen LogP contribution in [0.4, 0.5) is 0 Å². The van der Waals surface area contributed by atoms with Crippen LogP contribution in [0.3, 0.4) is 0 Å². The molecule has 1 aromatic heterocycles. The number of carbonyl (C=O) groups excluding carboxylic acids is 2. The molecule has 26 heavy (non-hydrogen) atoms. The predicted octanol–water partition coefficient (Wildman–Crippen LogP) is 2.05. The molecule has 6 nitrogen and oxygen atoms in total. The second kappa shape index (κ2) is 8.67. The highest BCUT2D eigenvalue weighted by atomic mass is 16.3. The Morgan fingerprint density at radius 1 is 1.08 bits per heavy atom. The number of nitrogens with one attached hydrogen (secondary N) is 1. The zero-order chi connectivity index (χ0) is 18.4. The Hall–Kier alpha value is -2.60. The largest absolute Gasteiger partial charge is 0.459 e. The maximum Gasteiger partial charge on any atom is 0.286 e. The summed E-state index contributed by atoms with van der Waals surface area (Å²) in [7, 11) is 0. The molecule has 2 aromatic rings. The van der Waals surface area contributed by atoms with E-state index in [0.29, 0.717) is 13.0 Å². The Labute approximate surface area is 153 Å². The number of furan rings is 1. The van der Waals surface area contributed by atoms with Gasteiger partial charge in [-0.2, -0.15) is 0 Å². The van der Waals surface area contributed by atoms with E-state index < -0.39 is 0 Å². The number of piperazine rings is 1. The number of rotatable bonds is 6. The molecule has 0 saturated carbocycles. The van der Waals surface area contributed by atoms with Crippen LogP contribution >= 0.6 is 0 Å². The average molecular weight is 355 g/mol. The molecule has 1 N–H and O–H groups in total. The average Bonchev–Trinajstić information content (AvgIpc) is 3.19. The minimum atomic E-state index is -0.286. The van der Waals surface area contributed by atoms with Crippen LogP contribution in [0, 0.1) is 6.92 Å². The van der Waals surface area contributed by atoms with E-state index in [1.807, 2.05) is 4.90 Å². The first-order valence-corrected chi connectivity index (χ1v) is 9.00. The van der Waals surface area contributed by atoms with Gasteiger partial charge in [-0.3, -0.25) is 14.5 Å². The van der Waals surface area contributed by atoms with E-state index >= 15 is 0 Å². The summed E-state index contributed by atoms with van der Waals surface area (Å²) >= 11 is 0. The van der Waals surface area contributed by atoms with Crippen molar-refractivity contribution < 1.29 is 14.0 Å². The highest BCUT2D eigenvalue weighted by Gasteiger charge is 2.21. The monoisotopic (exact) mass is 355 g/mol. The molecular formula is C20H25N3O3. The molecular weight excluding hydrogens is 330 g/mol. The van der Waals surface area contributed by atoms with Gasteiger partial charge in [0.05, 0.1) is 6.26 Å². The van der Waals surface area contributed by atoms with Crippen molar-refractivity contribution in [1.82, 2.24) is 15.1 Å². The molecule has 1 fully saturated rings. The smallest absolute Gasteiger partial charge is 0.286 e. The zero-order valence-electron chi connectivity index (χ0n) is 15.1. The van der Waals surface area contributed by atoms with Crippen molar-refractivity contribution in [3.63, 3.8) is 0 Å². The molecule has 0 unspecified atom stereocenters. The summed E-state index contributed by atoms with van der Waals surface area (Å²) < 4.78 is 5.03. The molecule has 2 amide bonds. The number of aryl methyl sites for hydroxylation is 1. The highest BCUT2D eigenvalue weighted by Crippen LogP contribution is 2.13. The molecule has 0 spiro atoms. The molecule has 0 aliphatic carbocycles. The summed E-state index contributed by atoms with van der Waals surface area (Å²) in [6.07, 6.45) is 1.76. The molecule has 0 atom stereocenters. The second-order valence-corrected chi connectivity index (χ2v) is 6.57. The third-order valence-electron chi connectivity index (χ3n) is 4.75. The van der Waals surface area contributed by atoms with Gasteiger partial charge < -0.3 is 14.6 Å².